The SMILES string of the molecule is c1ccc(-c2ccc(N(c3ccc4oc5ccc6nc(-c7ccccc7)sc6c5c4c3)c3ccc(-c4ccccc4)c4ccccc34)cc2)cc1. The lowest BCUT2D eigenvalue weighted by Gasteiger charge is -2.28. The highest BCUT2D eigenvalue weighted by Crippen LogP contribution is 2.45. The first-order valence-corrected chi connectivity index (χ1v) is 17.9. The largest absolute Gasteiger partial charge is 0.456 e. The summed E-state index contributed by atoms with van der Waals surface area (Å²) in [6.45, 7) is 0. The van der Waals surface area contributed by atoms with Crippen LogP contribution in [0.4, 0.5) is 17.1 Å². The molecule has 4 heteroatoms. The fourth-order valence-electron chi connectivity index (χ4n) is 7.29. The van der Waals surface area contributed by atoms with Gasteiger partial charge in [0, 0.05) is 33.1 Å². The van der Waals surface area contributed by atoms with Gasteiger partial charge in [-0.2, -0.15) is 0 Å². The Bertz CT molecular complexity index is 2840. The van der Waals surface area contributed by atoms with E-state index in [1.807, 2.05) is 6.07 Å². The van der Waals surface area contributed by atoms with Crippen LogP contribution in [-0.2, 0) is 0 Å². The number of hydrogen-bond donors (Lipinski definition) is 0. The molecule has 2 aromatic heterocycles. The molecule has 0 saturated carbocycles. The van der Waals surface area contributed by atoms with Crippen LogP contribution in [-0.4, -0.2) is 4.98 Å². The third-order valence-electron chi connectivity index (χ3n) is 9.71. The van der Waals surface area contributed by atoms with Crippen molar-refractivity contribution in [1.82, 2.24) is 4.98 Å². The number of anilines is 3. The van der Waals surface area contributed by atoms with Crippen LogP contribution in [0.2, 0.25) is 0 Å². The van der Waals surface area contributed by atoms with Gasteiger partial charge in [-0.1, -0.05) is 133 Å². The Morgan fingerprint density at radius 3 is 1.80 bits per heavy atom. The van der Waals surface area contributed by atoms with E-state index in [9.17, 15) is 0 Å². The number of aromatic nitrogens is 1. The van der Waals surface area contributed by atoms with E-state index in [0.29, 0.717) is 0 Å². The molecule has 2 heterocycles. The van der Waals surface area contributed by atoms with Gasteiger partial charge in [0.15, 0.2) is 0 Å². The Hall–Kier alpha value is -6.49. The molecule has 0 radical (unpaired) electrons. The molecule has 0 aliphatic heterocycles. The normalized spacial score (nSPS) is 11.5. The third-order valence-corrected chi connectivity index (χ3v) is 10.8. The highest BCUT2D eigenvalue weighted by molar-refractivity contribution is 7.22. The van der Waals surface area contributed by atoms with E-state index in [-0.39, 0.29) is 0 Å². The Morgan fingerprint density at radius 1 is 0.451 bits per heavy atom. The van der Waals surface area contributed by atoms with Gasteiger partial charge < -0.3 is 9.32 Å². The number of nitrogens with zero attached hydrogens (tertiary/aromatic N) is 2. The summed E-state index contributed by atoms with van der Waals surface area (Å²) >= 11 is 1.72. The summed E-state index contributed by atoms with van der Waals surface area (Å²) in [5.41, 5.74) is 11.9. The van der Waals surface area contributed by atoms with Crippen LogP contribution in [0.25, 0.3) is 75.8 Å². The van der Waals surface area contributed by atoms with Gasteiger partial charge in [0.2, 0.25) is 0 Å². The summed E-state index contributed by atoms with van der Waals surface area (Å²) in [7, 11) is 0. The summed E-state index contributed by atoms with van der Waals surface area (Å²) in [6.07, 6.45) is 0. The summed E-state index contributed by atoms with van der Waals surface area (Å²) in [4.78, 5) is 7.42. The third kappa shape index (κ3) is 5.08. The molecule has 0 saturated heterocycles. The standard InChI is InChI=1S/C47H30N2OS/c1-4-12-31(13-5-1)32-20-22-35(23-21-32)49(42-27-25-37(33-14-6-2-7-15-33)38-18-10-11-19-39(38)42)36-24-28-43-40(30-36)45-44(50-43)29-26-41-46(45)51-47(48-41)34-16-8-3-9-17-34/h1-30H. The smallest absolute Gasteiger partial charge is 0.137 e. The van der Waals surface area contributed by atoms with Crippen molar-refractivity contribution in [3.8, 4) is 32.8 Å². The number of benzene rings is 8. The molecule has 3 nitrogen and oxygen atoms in total. The number of rotatable bonds is 6. The first kappa shape index (κ1) is 29.4. The highest BCUT2D eigenvalue weighted by Gasteiger charge is 2.21. The second kappa shape index (κ2) is 12.1. The van der Waals surface area contributed by atoms with Crippen molar-refractivity contribution >= 4 is 71.3 Å². The second-order valence-corrected chi connectivity index (χ2v) is 13.7. The average Bonchev–Trinajstić information content (AvgIpc) is 3.81. The minimum absolute atomic E-state index is 0.861. The molecule has 51 heavy (non-hydrogen) atoms. The molecule has 0 spiro atoms. The zero-order chi connectivity index (χ0) is 33.7. The van der Waals surface area contributed by atoms with Crippen LogP contribution in [0.5, 0.6) is 0 Å². The minimum Gasteiger partial charge on any atom is -0.456 e. The zero-order valence-electron chi connectivity index (χ0n) is 27.5. The fraction of sp³-hybridized carbons (Fsp3) is 0. The molecule has 0 fully saturated rings. The van der Waals surface area contributed by atoms with Gasteiger partial charge in [-0.05, 0) is 76.2 Å². The number of thiazole rings is 1. The summed E-state index contributed by atoms with van der Waals surface area (Å²) in [6, 6.07) is 64.5. The van der Waals surface area contributed by atoms with Crippen LogP contribution < -0.4 is 4.90 Å². The van der Waals surface area contributed by atoms with Gasteiger partial charge in [-0.15, -0.1) is 11.3 Å². The predicted octanol–water partition coefficient (Wildman–Crippen LogP) is 13.8. The summed E-state index contributed by atoms with van der Waals surface area (Å²) in [5, 5.41) is 5.58. The van der Waals surface area contributed by atoms with Gasteiger partial charge >= 0.3 is 0 Å². The van der Waals surface area contributed by atoms with Gasteiger partial charge in [0.05, 0.1) is 15.9 Å². The van der Waals surface area contributed by atoms with Gasteiger partial charge in [0.25, 0.3) is 0 Å². The lowest BCUT2D eigenvalue weighted by Crippen LogP contribution is -2.10. The molecule has 0 N–H and O–H groups in total. The van der Waals surface area contributed by atoms with Crippen molar-refractivity contribution in [2.75, 3.05) is 4.90 Å². The Labute approximate surface area is 299 Å². The van der Waals surface area contributed by atoms with Crippen molar-refractivity contribution in [2.24, 2.45) is 0 Å². The zero-order valence-corrected chi connectivity index (χ0v) is 28.3. The maximum Gasteiger partial charge on any atom is 0.137 e. The fourth-order valence-corrected chi connectivity index (χ4v) is 8.41. The van der Waals surface area contributed by atoms with E-state index < -0.39 is 0 Å². The van der Waals surface area contributed by atoms with Crippen molar-refractivity contribution in [3.05, 3.63) is 182 Å². The molecule has 0 atom stereocenters. The molecule has 8 aromatic carbocycles. The van der Waals surface area contributed by atoms with E-state index in [0.717, 1.165) is 59.8 Å². The topological polar surface area (TPSA) is 29.3 Å². The van der Waals surface area contributed by atoms with Crippen molar-refractivity contribution < 1.29 is 4.42 Å². The Kier molecular flexibility index (Phi) is 7.00. The molecule has 240 valence electrons. The molecule has 0 aliphatic carbocycles. The number of fused-ring (bicyclic) bond motifs is 6. The first-order valence-electron chi connectivity index (χ1n) is 17.1. The molecule has 0 unspecified atom stereocenters. The molecular formula is C47H30N2OS. The minimum atomic E-state index is 0.861. The highest BCUT2D eigenvalue weighted by atomic mass is 32.1. The molecular weight excluding hydrogens is 641 g/mol. The maximum absolute atomic E-state index is 6.48. The Morgan fingerprint density at radius 2 is 1.06 bits per heavy atom. The molecule has 0 amide bonds. The molecule has 0 bridgehead atoms. The van der Waals surface area contributed by atoms with Crippen LogP contribution in [0.1, 0.15) is 0 Å². The molecule has 10 aromatic rings. The number of furan rings is 1. The van der Waals surface area contributed by atoms with Crippen molar-refractivity contribution in [3.63, 3.8) is 0 Å². The predicted molar refractivity (Wildman–Crippen MR) is 215 cm³/mol. The van der Waals surface area contributed by atoms with Crippen molar-refractivity contribution in [1.29, 1.82) is 0 Å². The molecule has 0 aliphatic rings. The first-order chi connectivity index (χ1) is 25.3. The second-order valence-electron chi connectivity index (χ2n) is 12.7. The lowest BCUT2D eigenvalue weighted by atomic mass is 9.96. The molecule has 10 rings (SSSR count). The van der Waals surface area contributed by atoms with Gasteiger partial charge in [-0.25, -0.2) is 4.98 Å². The monoisotopic (exact) mass is 670 g/mol. The quantitative estimate of drug-likeness (QED) is 0.176. The van der Waals surface area contributed by atoms with Crippen molar-refractivity contribution in [2.45, 2.75) is 0 Å². The lowest BCUT2D eigenvalue weighted by molar-refractivity contribution is 0.669. The van der Waals surface area contributed by atoms with Crippen LogP contribution >= 0.6 is 11.3 Å². The summed E-state index contributed by atoms with van der Waals surface area (Å²) < 4.78 is 7.62. The Balaban J connectivity index is 1.19. The van der Waals surface area contributed by atoms with Crippen LogP contribution in [0.15, 0.2) is 186 Å². The summed E-state index contributed by atoms with van der Waals surface area (Å²) in [5.74, 6) is 0. The van der Waals surface area contributed by atoms with E-state index in [1.165, 1.54) is 33.0 Å². The van der Waals surface area contributed by atoms with E-state index in [4.69, 9.17) is 9.40 Å². The average molecular weight is 671 g/mol. The van der Waals surface area contributed by atoms with Gasteiger partial charge in [0.1, 0.15) is 16.2 Å². The maximum atomic E-state index is 6.48. The number of hydrogen-bond acceptors (Lipinski definition) is 4. The van der Waals surface area contributed by atoms with Crippen LogP contribution in [0, 0.1) is 0 Å². The van der Waals surface area contributed by atoms with E-state index in [1.54, 1.807) is 11.3 Å². The van der Waals surface area contributed by atoms with Gasteiger partial charge in [-0.3, -0.25) is 0 Å². The van der Waals surface area contributed by atoms with Crippen LogP contribution in [0.3, 0.4) is 0 Å². The van der Waals surface area contributed by atoms with E-state index >= 15 is 0 Å². The van der Waals surface area contributed by atoms with E-state index in [2.05, 4.69) is 181 Å².